The molecule has 0 aliphatic heterocycles. The Kier molecular flexibility index (Phi) is 10.9. The quantitative estimate of drug-likeness (QED) is 0.134. The molecule has 0 aromatic heterocycles. The first-order chi connectivity index (χ1) is 17.7. The average molecular weight is 577 g/mol. The van der Waals surface area contributed by atoms with Gasteiger partial charge < -0.3 is 9.29 Å². The van der Waals surface area contributed by atoms with Crippen molar-refractivity contribution in [3.8, 4) is 0 Å². The minimum absolute atomic E-state index is 0.0146. The van der Waals surface area contributed by atoms with Gasteiger partial charge in [0.25, 0.3) is 6.10 Å². The first kappa shape index (κ1) is 31.3. The molecule has 0 radical (unpaired) electrons. The molecule has 3 aromatic rings. The highest BCUT2D eigenvalue weighted by Gasteiger charge is 2.63. The minimum Gasteiger partial charge on any atom is -0.743 e. The summed E-state index contributed by atoms with van der Waals surface area (Å²) in [6.07, 6.45) is -10.2. The number of hydrogen-bond donors (Lipinski definition) is 0. The average Bonchev–Trinajstić information content (AvgIpc) is 2.87. The fourth-order valence-electron chi connectivity index (χ4n) is 2.93. The lowest BCUT2D eigenvalue weighted by Crippen LogP contribution is -2.52. The lowest BCUT2D eigenvalue weighted by atomic mass is 10.1. The smallest absolute Gasteiger partial charge is 0.432 e. The fourth-order valence-corrected chi connectivity index (χ4v) is 5.48. The Balaban J connectivity index is 0.000000267. The monoisotopic (exact) mass is 576 g/mol. The van der Waals surface area contributed by atoms with Gasteiger partial charge in [0, 0.05) is 0 Å². The minimum atomic E-state index is -6.64. The molecule has 3 aromatic carbocycles. The Morgan fingerprint density at radius 1 is 0.816 bits per heavy atom. The number of hydrogen-bond acceptors (Lipinski definition) is 5. The molecule has 0 saturated carbocycles. The van der Waals surface area contributed by atoms with Gasteiger partial charge in [-0.1, -0.05) is 68.4 Å². The molecule has 0 heterocycles. The molecule has 0 saturated heterocycles. The highest BCUT2D eigenvalue weighted by Crippen LogP contribution is 2.38. The summed E-state index contributed by atoms with van der Waals surface area (Å²) in [5, 5.41) is -5.80. The van der Waals surface area contributed by atoms with Crippen LogP contribution in [-0.2, 0) is 30.5 Å². The lowest BCUT2D eigenvalue weighted by Gasteiger charge is -2.30. The molecule has 0 N–H and O–H groups in total. The predicted molar refractivity (Wildman–Crippen MR) is 132 cm³/mol. The van der Waals surface area contributed by atoms with Crippen LogP contribution in [0.4, 0.5) is 22.0 Å². The SMILES string of the molecule is CCC(C)C(=O)OC(C(F)(F)F)C(F)(F)S(=O)(=O)[O-].c1ccc([S+](c2ccccc2)c2ccccc2)cc1. The second-order valence-corrected chi connectivity index (χ2v) is 11.4. The second-order valence-electron chi connectivity index (χ2n) is 7.93. The van der Waals surface area contributed by atoms with Crippen LogP contribution in [0.5, 0.6) is 0 Å². The Morgan fingerprint density at radius 3 is 1.42 bits per heavy atom. The summed E-state index contributed by atoms with van der Waals surface area (Å²) in [5.41, 5.74) is 0. The number of carbonyl (C=O) groups is 1. The number of ether oxygens (including phenoxy) is 1. The summed E-state index contributed by atoms with van der Waals surface area (Å²) in [7, 11) is -6.66. The molecule has 0 spiro atoms. The molecule has 0 amide bonds. The Morgan fingerprint density at radius 2 is 1.16 bits per heavy atom. The van der Waals surface area contributed by atoms with Gasteiger partial charge in [-0.2, -0.15) is 22.0 Å². The molecular weight excluding hydrogens is 551 g/mol. The summed E-state index contributed by atoms with van der Waals surface area (Å²) in [4.78, 5) is 15.1. The van der Waals surface area contributed by atoms with Gasteiger partial charge in [0.15, 0.2) is 24.8 Å². The number of halogens is 5. The van der Waals surface area contributed by atoms with E-state index in [4.69, 9.17) is 0 Å². The van der Waals surface area contributed by atoms with Crippen molar-refractivity contribution in [3.05, 3.63) is 91.0 Å². The molecular formula is C26H25F5O5S2. The van der Waals surface area contributed by atoms with Crippen LogP contribution in [0.2, 0.25) is 0 Å². The highest BCUT2D eigenvalue weighted by atomic mass is 32.2. The summed E-state index contributed by atoms with van der Waals surface area (Å²) >= 11 is 0. The van der Waals surface area contributed by atoms with Crippen LogP contribution in [0.3, 0.4) is 0 Å². The van der Waals surface area contributed by atoms with E-state index in [2.05, 4.69) is 95.7 Å². The number of carbonyl (C=O) groups excluding carboxylic acids is 1. The van der Waals surface area contributed by atoms with Crippen LogP contribution < -0.4 is 0 Å². The van der Waals surface area contributed by atoms with Crippen LogP contribution in [0, 0.1) is 5.92 Å². The van der Waals surface area contributed by atoms with Crippen LogP contribution in [0.25, 0.3) is 0 Å². The van der Waals surface area contributed by atoms with Gasteiger partial charge in [-0.3, -0.25) is 4.79 Å². The maximum atomic E-state index is 12.9. The zero-order valence-corrected chi connectivity index (χ0v) is 21.9. The summed E-state index contributed by atoms with van der Waals surface area (Å²) in [5.74, 6) is -2.83. The van der Waals surface area contributed by atoms with E-state index in [1.54, 1.807) is 0 Å². The Hall–Kier alpha value is -2.96. The second kappa shape index (κ2) is 13.2. The maximum Gasteiger partial charge on any atom is 0.432 e. The normalized spacial score (nSPS) is 13.7. The first-order valence-corrected chi connectivity index (χ1v) is 13.8. The van der Waals surface area contributed by atoms with E-state index in [0.29, 0.717) is 0 Å². The van der Waals surface area contributed by atoms with E-state index in [1.165, 1.54) is 21.6 Å². The summed E-state index contributed by atoms with van der Waals surface area (Å²) in [6.45, 7) is 2.47. The fraction of sp³-hybridized carbons (Fsp3) is 0.269. The van der Waals surface area contributed by atoms with E-state index in [9.17, 15) is 39.7 Å². The van der Waals surface area contributed by atoms with E-state index >= 15 is 0 Å². The van der Waals surface area contributed by atoms with Gasteiger partial charge >= 0.3 is 17.4 Å². The van der Waals surface area contributed by atoms with Gasteiger partial charge in [0.2, 0.25) is 0 Å². The van der Waals surface area contributed by atoms with Crippen molar-refractivity contribution in [2.24, 2.45) is 5.92 Å². The van der Waals surface area contributed by atoms with E-state index < -0.39 is 39.5 Å². The summed E-state index contributed by atoms with van der Waals surface area (Å²) in [6, 6.07) is 32.2. The number of esters is 1. The van der Waals surface area contributed by atoms with Crippen LogP contribution >= 0.6 is 0 Å². The third kappa shape index (κ3) is 8.27. The van der Waals surface area contributed by atoms with Crippen LogP contribution in [0.1, 0.15) is 20.3 Å². The Bertz CT molecular complexity index is 1160. The van der Waals surface area contributed by atoms with E-state index in [0.717, 1.165) is 6.92 Å². The predicted octanol–water partition coefficient (Wildman–Crippen LogP) is 6.43. The lowest BCUT2D eigenvalue weighted by molar-refractivity contribution is -0.260. The van der Waals surface area contributed by atoms with Gasteiger partial charge in [0.05, 0.1) is 16.8 Å². The standard InChI is InChI=1S/C18H15S.C8H11F5O5S/c1-4-10-16(11-5-1)19(17-12-6-2-7-13-17)18-14-8-3-9-15-18;1-3-4(2)5(14)18-6(7(9,10)11)8(12,13)19(15,16)17/h1-15H;4,6H,3H2,1-2H3,(H,15,16,17)/q+1;/p-1. The maximum absolute atomic E-state index is 12.9. The molecule has 0 aliphatic carbocycles. The van der Waals surface area contributed by atoms with Gasteiger partial charge in [-0.15, -0.1) is 0 Å². The van der Waals surface area contributed by atoms with Crippen molar-refractivity contribution >= 4 is 27.0 Å². The largest absolute Gasteiger partial charge is 0.743 e. The molecule has 12 heteroatoms. The zero-order valence-electron chi connectivity index (χ0n) is 20.3. The van der Waals surface area contributed by atoms with Crippen molar-refractivity contribution in [2.75, 3.05) is 0 Å². The molecule has 38 heavy (non-hydrogen) atoms. The number of alkyl halides is 5. The van der Waals surface area contributed by atoms with E-state index in [-0.39, 0.29) is 17.3 Å². The van der Waals surface area contributed by atoms with Crippen LogP contribution in [0.15, 0.2) is 106 Å². The van der Waals surface area contributed by atoms with Gasteiger partial charge in [0.1, 0.15) is 0 Å². The molecule has 2 atom stereocenters. The summed E-state index contributed by atoms with van der Waals surface area (Å²) < 4.78 is 96.7. The van der Waals surface area contributed by atoms with Crippen molar-refractivity contribution in [1.29, 1.82) is 0 Å². The third-order valence-corrected chi connectivity index (χ3v) is 8.23. The van der Waals surface area contributed by atoms with Gasteiger partial charge in [-0.25, -0.2) is 8.42 Å². The molecule has 0 bridgehead atoms. The van der Waals surface area contributed by atoms with Crippen molar-refractivity contribution in [3.63, 3.8) is 0 Å². The topological polar surface area (TPSA) is 83.5 Å². The van der Waals surface area contributed by atoms with Crippen molar-refractivity contribution in [2.45, 2.75) is 52.5 Å². The molecule has 206 valence electrons. The molecule has 3 rings (SSSR count). The highest BCUT2D eigenvalue weighted by molar-refractivity contribution is 7.97. The Labute approximate surface area is 220 Å². The first-order valence-electron chi connectivity index (χ1n) is 11.2. The number of rotatable bonds is 8. The molecule has 2 unspecified atom stereocenters. The van der Waals surface area contributed by atoms with Gasteiger partial charge in [-0.05, 0) is 42.8 Å². The molecule has 5 nitrogen and oxygen atoms in total. The zero-order chi connectivity index (χ0) is 28.6. The van der Waals surface area contributed by atoms with Crippen molar-refractivity contribution < 1.29 is 44.5 Å². The van der Waals surface area contributed by atoms with E-state index in [1.807, 2.05) is 0 Å². The molecule has 0 fully saturated rings. The van der Waals surface area contributed by atoms with Crippen molar-refractivity contribution in [1.82, 2.24) is 0 Å². The third-order valence-electron chi connectivity index (χ3n) is 5.12. The van der Waals surface area contributed by atoms with Crippen LogP contribution in [-0.4, -0.2) is 36.5 Å². The molecule has 0 aliphatic rings. The number of benzene rings is 3.